The molecule has 1 amide bonds. The van der Waals surface area contributed by atoms with Crippen molar-refractivity contribution in [2.24, 2.45) is 5.92 Å². The zero-order valence-corrected chi connectivity index (χ0v) is 17.8. The van der Waals surface area contributed by atoms with Crippen LogP contribution >= 0.6 is 0 Å². The van der Waals surface area contributed by atoms with Crippen LogP contribution in [-0.4, -0.2) is 63.3 Å². The lowest BCUT2D eigenvalue weighted by Crippen LogP contribution is -2.42. The van der Waals surface area contributed by atoms with Crippen LogP contribution in [0.2, 0.25) is 0 Å². The van der Waals surface area contributed by atoms with Crippen molar-refractivity contribution in [2.75, 3.05) is 27.3 Å². The van der Waals surface area contributed by atoms with Gasteiger partial charge >= 0.3 is 0 Å². The van der Waals surface area contributed by atoms with Crippen molar-refractivity contribution in [3.05, 3.63) is 48.3 Å². The molecule has 3 aromatic rings. The van der Waals surface area contributed by atoms with E-state index in [1.165, 1.54) is 0 Å². The molecule has 2 aromatic heterocycles. The normalized spacial score (nSPS) is 16.2. The fourth-order valence-electron chi connectivity index (χ4n) is 3.88. The number of carbonyl (C=O) groups excluding carboxylic acids is 1. The van der Waals surface area contributed by atoms with Crippen LogP contribution in [0.4, 0.5) is 0 Å². The van der Waals surface area contributed by atoms with Gasteiger partial charge in [0.05, 0.1) is 27.2 Å². The molecule has 0 spiro atoms. The SMILES string of the molecule is COc1ccc(CC(=O)N2CCC[C@@H](Cn3nnc(-c4cccnc4)n3)C2)cc1OC. The van der Waals surface area contributed by atoms with Crippen molar-refractivity contribution in [3.8, 4) is 22.9 Å². The molecule has 0 saturated carbocycles. The van der Waals surface area contributed by atoms with E-state index in [2.05, 4.69) is 20.4 Å². The minimum absolute atomic E-state index is 0.111. The molecule has 0 radical (unpaired) electrons. The number of aromatic nitrogens is 5. The molecule has 1 aliphatic heterocycles. The molecular formula is C22H26N6O3. The standard InChI is InChI=1S/C22H26N6O3/c1-30-19-8-7-16(11-20(19)31-2)12-21(29)27-10-4-5-17(14-27)15-28-25-22(24-26-28)18-6-3-9-23-13-18/h3,6-9,11,13,17H,4-5,10,12,14-15H2,1-2H3/t17-/m1/s1. The molecule has 0 aliphatic carbocycles. The summed E-state index contributed by atoms with van der Waals surface area (Å²) in [4.78, 5) is 20.6. The highest BCUT2D eigenvalue weighted by Crippen LogP contribution is 2.28. The Morgan fingerprint density at radius 2 is 2.06 bits per heavy atom. The van der Waals surface area contributed by atoms with Gasteiger partial charge in [-0.1, -0.05) is 6.07 Å². The van der Waals surface area contributed by atoms with Crippen molar-refractivity contribution in [3.63, 3.8) is 0 Å². The monoisotopic (exact) mass is 422 g/mol. The Morgan fingerprint density at radius 3 is 2.84 bits per heavy atom. The predicted molar refractivity (Wildman–Crippen MR) is 114 cm³/mol. The van der Waals surface area contributed by atoms with Gasteiger partial charge in [0.15, 0.2) is 11.5 Å². The van der Waals surface area contributed by atoms with Gasteiger partial charge < -0.3 is 14.4 Å². The third-order valence-electron chi connectivity index (χ3n) is 5.47. The van der Waals surface area contributed by atoms with Gasteiger partial charge in [-0.2, -0.15) is 4.80 Å². The summed E-state index contributed by atoms with van der Waals surface area (Å²) in [6.07, 6.45) is 5.76. The third kappa shape index (κ3) is 4.99. The Labute approximate surface area is 181 Å². The van der Waals surface area contributed by atoms with E-state index in [1.807, 2.05) is 35.2 Å². The number of amides is 1. The summed E-state index contributed by atoms with van der Waals surface area (Å²) in [6.45, 7) is 2.09. The number of hydrogen-bond acceptors (Lipinski definition) is 7. The van der Waals surface area contributed by atoms with Crippen molar-refractivity contribution >= 4 is 5.91 Å². The molecule has 162 valence electrons. The number of tetrazole rings is 1. The summed E-state index contributed by atoms with van der Waals surface area (Å²) in [6, 6.07) is 9.34. The predicted octanol–water partition coefficient (Wildman–Crippen LogP) is 2.23. The molecule has 3 heterocycles. The number of piperidine rings is 1. The summed E-state index contributed by atoms with van der Waals surface area (Å²) in [5.74, 6) is 2.25. The molecule has 0 N–H and O–H groups in total. The van der Waals surface area contributed by atoms with Crippen molar-refractivity contribution in [1.29, 1.82) is 0 Å². The first-order chi connectivity index (χ1) is 15.2. The molecule has 0 unspecified atom stereocenters. The second kappa shape index (κ2) is 9.55. The average molecular weight is 422 g/mol. The lowest BCUT2D eigenvalue weighted by molar-refractivity contribution is -0.132. The molecule has 1 atom stereocenters. The van der Waals surface area contributed by atoms with E-state index in [1.54, 1.807) is 31.4 Å². The van der Waals surface area contributed by atoms with Gasteiger partial charge in [-0.3, -0.25) is 9.78 Å². The van der Waals surface area contributed by atoms with E-state index in [0.29, 0.717) is 42.8 Å². The topological polar surface area (TPSA) is 95.3 Å². The number of ether oxygens (including phenoxy) is 2. The number of benzene rings is 1. The first kappa shape index (κ1) is 20.8. The molecular weight excluding hydrogens is 396 g/mol. The second-order valence-corrected chi connectivity index (χ2v) is 7.62. The van der Waals surface area contributed by atoms with Gasteiger partial charge in [0, 0.05) is 31.0 Å². The van der Waals surface area contributed by atoms with Crippen molar-refractivity contribution < 1.29 is 14.3 Å². The van der Waals surface area contributed by atoms with Crippen molar-refractivity contribution in [1.82, 2.24) is 30.1 Å². The maximum absolute atomic E-state index is 12.9. The summed E-state index contributed by atoms with van der Waals surface area (Å²) in [5.41, 5.74) is 1.74. The number of nitrogens with zero attached hydrogens (tertiary/aromatic N) is 6. The van der Waals surface area contributed by atoms with E-state index >= 15 is 0 Å². The Kier molecular flexibility index (Phi) is 6.40. The van der Waals surface area contributed by atoms with Crippen LogP contribution in [0.25, 0.3) is 11.4 Å². The maximum Gasteiger partial charge on any atom is 0.227 e. The smallest absolute Gasteiger partial charge is 0.227 e. The Balaban J connectivity index is 1.36. The molecule has 1 aliphatic rings. The second-order valence-electron chi connectivity index (χ2n) is 7.62. The number of methoxy groups -OCH3 is 2. The zero-order chi connectivity index (χ0) is 21.6. The van der Waals surface area contributed by atoms with Gasteiger partial charge in [-0.15, -0.1) is 10.2 Å². The molecule has 1 saturated heterocycles. The van der Waals surface area contributed by atoms with E-state index in [4.69, 9.17) is 9.47 Å². The van der Waals surface area contributed by atoms with E-state index in [9.17, 15) is 4.79 Å². The lowest BCUT2D eigenvalue weighted by atomic mass is 9.97. The van der Waals surface area contributed by atoms with Crippen LogP contribution < -0.4 is 9.47 Å². The van der Waals surface area contributed by atoms with E-state index in [-0.39, 0.29) is 5.91 Å². The van der Waals surface area contributed by atoms with Crippen LogP contribution in [0.1, 0.15) is 18.4 Å². The Bertz CT molecular complexity index is 1020. The van der Waals surface area contributed by atoms with Gasteiger partial charge in [0.25, 0.3) is 0 Å². The van der Waals surface area contributed by atoms with Crippen LogP contribution in [0.5, 0.6) is 11.5 Å². The highest BCUT2D eigenvalue weighted by Gasteiger charge is 2.25. The number of carbonyl (C=O) groups is 1. The third-order valence-corrected chi connectivity index (χ3v) is 5.47. The number of hydrogen-bond donors (Lipinski definition) is 0. The summed E-state index contributed by atoms with van der Waals surface area (Å²) >= 11 is 0. The number of likely N-dealkylation sites (tertiary alicyclic amines) is 1. The minimum atomic E-state index is 0.111. The van der Waals surface area contributed by atoms with Gasteiger partial charge in [0.2, 0.25) is 11.7 Å². The van der Waals surface area contributed by atoms with Crippen molar-refractivity contribution in [2.45, 2.75) is 25.8 Å². The Morgan fingerprint density at radius 1 is 1.19 bits per heavy atom. The van der Waals surface area contributed by atoms with Gasteiger partial charge in [-0.25, -0.2) is 0 Å². The molecule has 1 aromatic carbocycles. The van der Waals surface area contributed by atoms with Crippen LogP contribution in [0, 0.1) is 5.92 Å². The van der Waals surface area contributed by atoms with Crippen LogP contribution in [0.3, 0.4) is 0 Å². The quantitative estimate of drug-likeness (QED) is 0.576. The van der Waals surface area contributed by atoms with Gasteiger partial charge in [-0.05, 0) is 53.8 Å². The van der Waals surface area contributed by atoms with E-state index in [0.717, 1.165) is 30.5 Å². The summed E-state index contributed by atoms with van der Waals surface area (Å²) in [5, 5.41) is 12.8. The van der Waals surface area contributed by atoms with Crippen LogP contribution in [0.15, 0.2) is 42.7 Å². The van der Waals surface area contributed by atoms with Crippen LogP contribution in [-0.2, 0) is 17.8 Å². The molecule has 9 nitrogen and oxygen atoms in total. The number of rotatable bonds is 7. The lowest BCUT2D eigenvalue weighted by Gasteiger charge is -2.32. The highest BCUT2D eigenvalue weighted by molar-refractivity contribution is 5.79. The Hall–Kier alpha value is -3.49. The minimum Gasteiger partial charge on any atom is -0.493 e. The molecule has 9 heteroatoms. The van der Waals surface area contributed by atoms with E-state index < -0.39 is 0 Å². The van der Waals surface area contributed by atoms with Gasteiger partial charge in [0.1, 0.15) is 0 Å². The molecule has 31 heavy (non-hydrogen) atoms. The average Bonchev–Trinajstić information content (AvgIpc) is 3.28. The molecule has 0 bridgehead atoms. The maximum atomic E-state index is 12.9. The fraction of sp³-hybridized carbons (Fsp3) is 0.409. The zero-order valence-electron chi connectivity index (χ0n) is 17.8. The summed E-state index contributed by atoms with van der Waals surface area (Å²) < 4.78 is 10.6. The number of pyridine rings is 1. The first-order valence-corrected chi connectivity index (χ1v) is 10.3. The summed E-state index contributed by atoms with van der Waals surface area (Å²) in [7, 11) is 3.19. The fourth-order valence-corrected chi connectivity index (χ4v) is 3.88. The largest absolute Gasteiger partial charge is 0.493 e. The molecule has 4 rings (SSSR count). The highest BCUT2D eigenvalue weighted by atomic mass is 16.5. The first-order valence-electron chi connectivity index (χ1n) is 10.3. The molecule has 1 fully saturated rings.